The van der Waals surface area contributed by atoms with E-state index in [1.54, 1.807) is 49.4 Å². The fourth-order valence-corrected chi connectivity index (χ4v) is 8.42. The van der Waals surface area contributed by atoms with Crippen molar-refractivity contribution in [1.29, 1.82) is 0 Å². The van der Waals surface area contributed by atoms with Gasteiger partial charge in [0.15, 0.2) is 34.4 Å². The first kappa shape index (κ1) is 31.7. The van der Waals surface area contributed by atoms with Crippen LogP contribution in [0.15, 0.2) is 65.1 Å². The van der Waals surface area contributed by atoms with E-state index in [2.05, 4.69) is 0 Å². The van der Waals surface area contributed by atoms with Crippen molar-refractivity contribution >= 4 is 17.5 Å². The van der Waals surface area contributed by atoms with Crippen molar-refractivity contribution < 1.29 is 58.9 Å². The summed E-state index contributed by atoms with van der Waals surface area (Å²) in [5, 5.41) is 59.3. The number of phenolic OH excluding ortho intramolecular Hbond substituents is 1. The molecule has 50 heavy (non-hydrogen) atoms. The van der Waals surface area contributed by atoms with E-state index < -0.39 is 81.4 Å². The fourth-order valence-electron chi connectivity index (χ4n) is 8.42. The zero-order valence-electron chi connectivity index (χ0n) is 27.0. The summed E-state index contributed by atoms with van der Waals surface area (Å²) in [5.41, 5.74) is 2.61. The molecule has 2 heterocycles. The van der Waals surface area contributed by atoms with Crippen LogP contribution in [-0.4, -0.2) is 93.3 Å². The number of nitrogens with two attached hydrogens (primary N) is 1. The number of Topliss-reactive ketones (excluding diaryl/α,β-unsaturated/α-hetero) is 2. The molecule has 1 amide bonds. The third kappa shape index (κ3) is 3.97. The Morgan fingerprint density at radius 3 is 2.34 bits per heavy atom. The Morgan fingerprint density at radius 2 is 1.62 bits per heavy atom. The summed E-state index contributed by atoms with van der Waals surface area (Å²) >= 11 is 0. The van der Waals surface area contributed by atoms with Gasteiger partial charge >= 0.3 is 0 Å². The van der Waals surface area contributed by atoms with Gasteiger partial charge in [0.25, 0.3) is 5.91 Å². The van der Waals surface area contributed by atoms with Gasteiger partial charge in [-0.25, -0.2) is 0 Å². The van der Waals surface area contributed by atoms with Crippen molar-refractivity contribution in [2.24, 2.45) is 17.6 Å². The van der Waals surface area contributed by atoms with Crippen LogP contribution in [-0.2, 0) is 9.59 Å². The van der Waals surface area contributed by atoms with Gasteiger partial charge in [-0.15, -0.1) is 0 Å². The SMILES string of the molecule is CC1c2c(-c3ccc4c(c3)OCO4)cc(-c3cccc4c3OCO4)c(O)c2C(=O)C2=C(O)C3(O)C(=O)C(C(N)=O)=C(O)C(N(C)C)C3C(O)C21. The molecule has 258 valence electrons. The number of amides is 1. The number of ketones is 2. The summed E-state index contributed by atoms with van der Waals surface area (Å²) in [4.78, 5) is 42.4. The molecule has 14 nitrogen and oxygen atoms in total. The summed E-state index contributed by atoms with van der Waals surface area (Å²) in [6, 6.07) is 10.6. The predicted octanol–water partition coefficient (Wildman–Crippen LogP) is 2.44. The minimum atomic E-state index is -3.04. The maximum Gasteiger partial charge on any atom is 0.255 e. The van der Waals surface area contributed by atoms with Crippen molar-refractivity contribution in [1.82, 2.24) is 4.90 Å². The molecule has 0 spiro atoms. The van der Waals surface area contributed by atoms with Crippen LogP contribution in [0.5, 0.6) is 28.7 Å². The van der Waals surface area contributed by atoms with Crippen LogP contribution in [0.4, 0.5) is 0 Å². The first-order valence-electron chi connectivity index (χ1n) is 15.8. The molecule has 0 saturated heterocycles. The summed E-state index contributed by atoms with van der Waals surface area (Å²) in [6.07, 6.45) is -1.75. The standard InChI is InChI=1S/C36H32N2O12/c1-13-21-16(14-7-8-18-20(9-14)49-11-47-18)10-17(15-5-4-6-19-32(15)50-12-48-19)28(39)23(21)29(40)24-22(13)30(41)26-27(38(2)3)31(42)25(35(37)45)34(44)36(26,46)33(24)43/h4-10,13,22,26-27,30,39,41-43,46H,11-12H2,1-3H3,(H2,37,45). The fraction of sp³-hybridized carbons (Fsp3) is 0.306. The molecule has 7 N–H and O–H groups in total. The van der Waals surface area contributed by atoms with Gasteiger partial charge in [0.2, 0.25) is 19.4 Å². The first-order valence-corrected chi connectivity index (χ1v) is 15.8. The van der Waals surface area contributed by atoms with E-state index in [1.807, 2.05) is 0 Å². The topological polar surface area (TPSA) is 219 Å². The van der Waals surface area contributed by atoms with Crippen LogP contribution in [0, 0.1) is 11.8 Å². The van der Waals surface area contributed by atoms with E-state index in [-0.39, 0.29) is 24.7 Å². The lowest BCUT2D eigenvalue weighted by Crippen LogP contribution is -2.68. The highest BCUT2D eigenvalue weighted by atomic mass is 16.7. The zero-order valence-corrected chi connectivity index (χ0v) is 27.0. The number of phenols is 1. The molecule has 5 aliphatic rings. The lowest BCUT2D eigenvalue weighted by Gasteiger charge is -2.53. The maximum absolute atomic E-state index is 14.8. The molecule has 3 aromatic carbocycles. The molecule has 0 radical (unpaired) electrons. The van der Waals surface area contributed by atoms with Crippen molar-refractivity contribution in [2.75, 3.05) is 27.7 Å². The minimum absolute atomic E-state index is 0.0105. The number of ether oxygens (including phenoxy) is 4. The van der Waals surface area contributed by atoms with Gasteiger partial charge in [0, 0.05) is 22.6 Å². The highest BCUT2D eigenvalue weighted by Gasteiger charge is 2.67. The molecular formula is C36H32N2O12. The highest BCUT2D eigenvalue weighted by molar-refractivity contribution is 6.25. The Bertz CT molecular complexity index is 2140. The van der Waals surface area contributed by atoms with Crippen LogP contribution in [0.3, 0.4) is 0 Å². The second-order valence-corrected chi connectivity index (χ2v) is 13.3. The second-order valence-electron chi connectivity index (χ2n) is 13.3. The van der Waals surface area contributed by atoms with Gasteiger partial charge in [-0.2, -0.15) is 0 Å². The van der Waals surface area contributed by atoms with Crippen molar-refractivity contribution in [3.05, 3.63) is 76.3 Å². The number of hydrogen-bond acceptors (Lipinski definition) is 13. The summed E-state index contributed by atoms with van der Waals surface area (Å²) in [5.74, 6) is -8.23. The molecule has 14 heteroatoms. The number of carbonyl (C=O) groups is 3. The van der Waals surface area contributed by atoms with Crippen LogP contribution >= 0.6 is 0 Å². The van der Waals surface area contributed by atoms with Crippen molar-refractivity contribution in [2.45, 2.75) is 30.6 Å². The maximum atomic E-state index is 14.8. The largest absolute Gasteiger partial charge is 0.510 e. The van der Waals surface area contributed by atoms with Crippen molar-refractivity contribution in [3.63, 3.8) is 0 Å². The number of likely N-dealkylation sites (N-methyl/N-ethyl adjacent to an activating group) is 1. The van der Waals surface area contributed by atoms with Gasteiger partial charge in [0.05, 0.1) is 23.6 Å². The van der Waals surface area contributed by atoms with E-state index in [0.29, 0.717) is 45.3 Å². The van der Waals surface area contributed by atoms with E-state index in [4.69, 9.17) is 24.7 Å². The van der Waals surface area contributed by atoms with Crippen molar-refractivity contribution in [3.8, 4) is 51.0 Å². The lowest BCUT2D eigenvalue weighted by molar-refractivity contribution is -0.162. The Morgan fingerprint density at radius 1 is 0.920 bits per heavy atom. The number of benzene rings is 3. The number of para-hydroxylation sites is 1. The van der Waals surface area contributed by atoms with Gasteiger partial charge < -0.3 is 50.2 Å². The number of primary amides is 1. The predicted molar refractivity (Wildman–Crippen MR) is 173 cm³/mol. The third-order valence-corrected chi connectivity index (χ3v) is 10.6. The summed E-state index contributed by atoms with van der Waals surface area (Å²) < 4.78 is 22.4. The van der Waals surface area contributed by atoms with Gasteiger partial charge in [-0.05, 0) is 61.0 Å². The molecule has 8 rings (SSSR count). The number of carbonyl (C=O) groups excluding carboxylic acids is 3. The molecule has 6 atom stereocenters. The Kier molecular flexibility index (Phi) is 6.79. The summed E-state index contributed by atoms with van der Waals surface area (Å²) in [6.45, 7) is 1.63. The zero-order chi connectivity index (χ0) is 35.5. The molecule has 0 aromatic heterocycles. The average Bonchev–Trinajstić information content (AvgIpc) is 3.76. The Hall–Kier alpha value is -5.57. The monoisotopic (exact) mass is 684 g/mol. The number of rotatable bonds is 4. The Labute approximate surface area is 284 Å². The molecule has 0 fully saturated rings. The van der Waals surface area contributed by atoms with Crippen LogP contribution in [0.1, 0.15) is 28.8 Å². The second kappa shape index (κ2) is 10.7. The Balaban J connectivity index is 1.42. The summed E-state index contributed by atoms with van der Waals surface area (Å²) in [7, 11) is 2.96. The van der Waals surface area contributed by atoms with Gasteiger partial charge in [0.1, 0.15) is 22.8 Å². The van der Waals surface area contributed by atoms with Gasteiger partial charge in [-0.3, -0.25) is 19.3 Å². The van der Waals surface area contributed by atoms with E-state index in [0.717, 1.165) is 0 Å². The smallest absolute Gasteiger partial charge is 0.255 e. The number of aliphatic hydroxyl groups is 4. The lowest BCUT2D eigenvalue weighted by atomic mass is 9.54. The average molecular weight is 685 g/mol. The normalized spacial score (nSPS) is 27.8. The number of aliphatic hydroxyl groups excluding tert-OH is 3. The molecular weight excluding hydrogens is 652 g/mol. The van der Waals surface area contributed by atoms with Crippen LogP contribution in [0.2, 0.25) is 0 Å². The van der Waals surface area contributed by atoms with E-state index in [1.165, 1.54) is 19.0 Å². The van der Waals surface area contributed by atoms with E-state index >= 15 is 0 Å². The van der Waals surface area contributed by atoms with Gasteiger partial charge in [-0.1, -0.05) is 25.1 Å². The molecule has 0 bridgehead atoms. The van der Waals surface area contributed by atoms with Crippen LogP contribution in [0.25, 0.3) is 22.3 Å². The number of hydrogen-bond donors (Lipinski definition) is 6. The minimum Gasteiger partial charge on any atom is -0.510 e. The number of aromatic hydroxyl groups is 1. The third-order valence-electron chi connectivity index (χ3n) is 10.6. The highest BCUT2D eigenvalue weighted by Crippen LogP contribution is 2.59. The molecule has 2 aliphatic heterocycles. The molecule has 0 saturated carbocycles. The first-order chi connectivity index (χ1) is 23.8. The number of fused-ring (bicyclic) bond motifs is 5. The quantitative estimate of drug-likeness (QED) is 0.218. The molecule has 3 aromatic rings. The van der Waals surface area contributed by atoms with Crippen LogP contribution < -0.4 is 24.7 Å². The number of nitrogens with zero attached hydrogens (tertiary/aromatic N) is 1. The molecule has 3 aliphatic carbocycles. The van der Waals surface area contributed by atoms with E-state index in [9.17, 15) is 39.9 Å². The molecule has 6 unspecified atom stereocenters.